The molecule has 0 saturated carbocycles. The number of pyridine rings is 1. The Morgan fingerprint density at radius 1 is 1.15 bits per heavy atom. The standard InChI is InChI=1S/C26H21BrN4O2S/c1-17-12-18(5-10-23(17)27)13-22-14-28-26(34-22)30-25(32)19-6-8-21(9-7-19)33-16-20-15-31-11-3-2-4-24(31)29-20/h2-12,14-15H,13,16H2,1H3,(H,28,30,32). The molecule has 0 radical (unpaired) electrons. The Bertz CT molecular complexity index is 1430. The molecule has 8 heteroatoms. The minimum atomic E-state index is -0.202. The van der Waals surface area contributed by atoms with E-state index in [0.717, 1.165) is 27.1 Å². The number of thiazole rings is 1. The van der Waals surface area contributed by atoms with Gasteiger partial charge in [0.05, 0.1) is 5.69 Å². The minimum Gasteiger partial charge on any atom is -0.487 e. The van der Waals surface area contributed by atoms with Gasteiger partial charge < -0.3 is 9.14 Å². The smallest absolute Gasteiger partial charge is 0.257 e. The first-order valence-corrected chi connectivity index (χ1v) is 12.3. The van der Waals surface area contributed by atoms with Crippen LogP contribution in [0.5, 0.6) is 5.75 Å². The molecule has 1 amide bonds. The van der Waals surface area contributed by atoms with Gasteiger partial charge in [0, 0.05) is 39.9 Å². The number of hydrogen-bond donors (Lipinski definition) is 1. The van der Waals surface area contributed by atoms with E-state index < -0.39 is 0 Å². The van der Waals surface area contributed by atoms with E-state index in [4.69, 9.17) is 4.74 Å². The van der Waals surface area contributed by atoms with Gasteiger partial charge in [0.25, 0.3) is 5.91 Å². The summed E-state index contributed by atoms with van der Waals surface area (Å²) in [7, 11) is 0. The molecule has 0 fully saturated rings. The number of nitrogens with zero attached hydrogens (tertiary/aromatic N) is 3. The lowest BCUT2D eigenvalue weighted by atomic mass is 10.1. The van der Waals surface area contributed by atoms with E-state index in [1.165, 1.54) is 22.5 Å². The maximum Gasteiger partial charge on any atom is 0.257 e. The Hall–Kier alpha value is -3.49. The van der Waals surface area contributed by atoms with E-state index >= 15 is 0 Å². The monoisotopic (exact) mass is 532 g/mol. The SMILES string of the molecule is Cc1cc(Cc2cnc(NC(=O)c3ccc(OCc4cn5ccccc5n4)cc3)s2)ccc1Br. The third-order valence-electron chi connectivity index (χ3n) is 5.29. The fourth-order valence-corrected chi connectivity index (χ4v) is 4.64. The number of carbonyl (C=O) groups is 1. The van der Waals surface area contributed by atoms with Crippen molar-refractivity contribution >= 4 is 44.0 Å². The van der Waals surface area contributed by atoms with Crippen LogP contribution in [0, 0.1) is 6.92 Å². The fourth-order valence-electron chi connectivity index (χ4n) is 3.55. The number of rotatable bonds is 7. The van der Waals surface area contributed by atoms with E-state index in [0.29, 0.717) is 23.1 Å². The van der Waals surface area contributed by atoms with Crippen LogP contribution < -0.4 is 10.1 Å². The summed E-state index contributed by atoms with van der Waals surface area (Å²) in [5.74, 6) is 0.474. The summed E-state index contributed by atoms with van der Waals surface area (Å²) in [6.07, 6.45) is 6.48. The molecule has 6 nitrogen and oxygen atoms in total. The van der Waals surface area contributed by atoms with E-state index in [1.807, 2.05) is 41.2 Å². The van der Waals surface area contributed by atoms with Gasteiger partial charge in [-0.3, -0.25) is 10.1 Å². The van der Waals surface area contributed by atoms with Gasteiger partial charge >= 0.3 is 0 Å². The number of hydrogen-bond acceptors (Lipinski definition) is 5. The fraction of sp³-hybridized carbons (Fsp3) is 0.115. The summed E-state index contributed by atoms with van der Waals surface area (Å²) in [5, 5.41) is 3.47. The first-order valence-electron chi connectivity index (χ1n) is 10.7. The highest BCUT2D eigenvalue weighted by Crippen LogP contribution is 2.24. The Labute approximate surface area is 209 Å². The van der Waals surface area contributed by atoms with Crippen molar-refractivity contribution < 1.29 is 9.53 Å². The van der Waals surface area contributed by atoms with Gasteiger partial charge in [-0.05, 0) is 60.5 Å². The minimum absolute atomic E-state index is 0.202. The van der Waals surface area contributed by atoms with Crippen LogP contribution >= 0.6 is 27.3 Å². The van der Waals surface area contributed by atoms with Gasteiger partial charge in [-0.1, -0.05) is 34.1 Å². The Morgan fingerprint density at radius 2 is 2.00 bits per heavy atom. The first-order chi connectivity index (χ1) is 16.5. The topological polar surface area (TPSA) is 68.5 Å². The van der Waals surface area contributed by atoms with Crippen molar-refractivity contribution in [1.29, 1.82) is 0 Å². The molecule has 2 aromatic carbocycles. The predicted octanol–water partition coefficient (Wildman–Crippen LogP) is 6.28. The highest BCUT2D eigenvalue weighted by atomic mass is 79.9. The van der Waals surface area contributed by atoms with Crippen molar-refractivity contribution in [2.45, 2.75) is 20.0 Å². The average Bonchev–Trinajstić information content (AvgIpc) is 3.46. The second-order valence-corrected chi connectivity index (χ2v) is 9.83. The Morgan fingerprint density at radius 3 is 2.79 bits per heavy atom. The van der Waals surface area contributed by atoms with Gasteiger partial charge in [0.2, 0.25) is 0 Å². The molecule has 0 aliphatic carbocycles. The molecule has 0 bridgehead atoms. The lowest BCUT2D eigenvalue weighted by Crippen LogP contribution is -2.11. The van der Waals surface area contributed by atoms with Gasteiger partial charge in [-0.2, -0.15) is 0 Å². The van der Waals surface area contributed by atoms with Crippen LogP contribution in [-0.2, 0) is 13.0 Å². The first kappa shape index (κ1) is 22.3. The van der Waals surface area contributed by atoms with Crippen LogP contribution in [-0.4, -0.2) is 20.3 Å². The van der Waals surface area contributed by atoms with Crippen molar-refractivity contribution in [2.75, 3.05) is 5.32 Å². The zero-order valence-electron chi connectivity index (χ0n) is 18.4. The Balaban J connectivity index is 1.17. The van der Waals surface area contributed by atoms with E-state index in [9.17, 15) is 4.79 Å². The summed E-state index contributed by atoms with van der Waals surface area (Å²) in [4.78, 5) is 22.6. The van der Waals surface area contributed by atoms with Crippen LogP contribution in [0.2, 0.25) is 0 Å². The summed E-state index contributed by atoms with van der Waals surface area (Å²) < 4.78 is 8.88. The molecular weight excluding hydrogens is 512 g/mol. The molecule has 0 unspecified atom stereocenters. The number of imidazole rings is 1. The van der Waals surface area contributed by atoms with Crippen molar-refractivity contribution in [3.63, 3.8) is 0 Å². The zero-order valence-corrected chi connectivity index (χ0v) is 20.8. The summed E-state index contributed by atoms with van der Waals surface area (Å²) in [5.41, 5.74) is 4.67. The maximum absolute atomic E-state index is 12.7. The van der Waals surface area contributed by atoms with Crippen molar-refractivity contribution in [2.24, 2.45) is 0 Å². The number of aromatic nitrogens is 3. The van der Waals surface area contributed by atoms with E-state index in [2.05, 4.69) is 56.3 Å². The average molecular weight is 533 g/mol. The summed E-state index contributed by atoms with van der Waals surface area (Å²) in [6, 6.07) is 19.2. The molecule has 1 N–H and O–H groups in total. The van der Waals surface area contributed by atoms with Crippen molar-refractivity contribution in [3.05, 3.63) is 111 Å². The van der Waals surface area contributed by atoms with Gasteiger partial charge in [0.15, 0.2) is 5.13 Å². The third-order valence-corrected chi connectivity index (χ3v) is 7.09. The molecule has 5 aromatic rings. The lowest BCUT2D eigenvalue weighted by molar-refractivity contribution is 0.102. The molecule has 0 aliphatic heterocycles. The molecule has 0 atom stereocenters. The number of fused-ring (bicyclic) bond motifs is 1. The predicted molar refractivity (Wildman–Crippen MR) is 138 cm³/mol. The number of aryl methyl sites for hydroxylation is 1. The second-order valence-electron chi connectivity index (χ2n) is 7.86. The number of benzene rings is 2. The van der Waals surface area contributed by atoms with Crippen molar-refractivity contribution in [1.82, 2.24) is 14.4 Å². The number of carbonyl (C=O) groups excluding carboxylic acids is 1. The lowest BCUT2D eigenvalue weighted by Gasteiger charge is -2.06. The van der Waals surface area contributed by atoms with Crippen LogP contribution in [0.25, 0.3) is 5.65 Å². The van der Waals surface area contributed by atoms with Crippen LogP contribution in [0.15, 0.2) is 83.7 Å². The molecule has 0 saturated heterocycles. The Kier molecular flexibility index (Phi) is 6.42. The number of anilines is 1. The van der Waals surface area contributed by atoms with Crippen LogP contribution in [0.4, 0.5) is 5.13 Å². The largest absolute Gasteiger partial charge is 0.487 e. The number of ether oxygens (including phenoxy) is 1. The molecule has 5 rings (SSSR count). The van der Waals surface area contributed by atoms with Crippen LogP contribution in [0.3, 0.4) is 0 Å². The molecule has 0 aliphatic rings. The highest BCUT2D eigenvalue weighted by Gasteiger charge is 2.11. The molecule has 3 heterocycles. The van der Waals surface area contributed by atoms with Gasteiger partial charge in [-0.25, -0.2) is 9.97 Å². The molecule has 0 spiro atoms. The molecular formula is C26H21BrN4O2S. The van der Waals surface area contributed by atoms with E-state index in [-0.39, 0.29) is 5.91 Å². The van der Waals surface area contributed by atoms with Crippen molar-refractivity contribution in [3.8, 4) is 5.75 Å². The summed E-state index contributed by atoms with van der Waals surface area (Å²) in [6.45, 7) is 2.43. The van der Waals surface area contributed by atoms with Gasteiger partial charge in [-0.15, -0.1) is 11.3 Å². The number of amides is 1. The number of nitrogens with one attached hydrogen (secondary N) is 1. The second kappa shape index (κ2) is 9.79. The highest BCUT2D eigenvalue weighted by molar-refractivity contribution is 9.10. The molecule has 3 aromatic heterocycles. The van der Waals surface area contributed by atoms with Crippen LogP contribution in [0.1, 0.15) is 32.1 Å². The summed E-state index contributed by atoms with van der Waals surface area (Å²) >= 11 is 5.01. The quantitative estimate of drug-likeness (QED) is 0.267. The molecule has 34 heavy (non-hydrogen) atoms. The maximum atomic E-state index is 12.7. The van der Waals surface area contributed by atoms with E-state index in [1.54, 1.807) is 24.3 Å². The van der Waals surface area contributed by atoms with Gasteiger partial charge in [0.1, 0.15) is 18.0 Å². The molecule has 170 valence electrons. The number of halogens is 1. The zero-order chi connectivity index (χ0) is 23.5. The normalized spacial score (nSPS) is 11.0. The third kappa shape index (κ3) is 5.18.